The highest BCUT2D eigenvalue weighted by atomic mass is 16.5. The Morgan fingerprint density at radius 3 is 2.82 bits per heavy atom. The zero-order valence-electron chi connectivity index (χ0n) is 10.8. The van der Waals surface area contributed by atoms with Gasteiger partial charge in [0.1, 0.15) is 0 Å². The Labute approximate surface area is 102 Å². The summed E-state index contributed by atoms with van der Waals surface area (Å²) >= 11 is 0. The Bertz CT molecular complexity index is 450. The first-order valence-electron chi connectivity index (χ1n) is 6.79. The van der Waals surface area contributed by atoms with Crippen LogP contribution in [-0.4, -0.2) is 17.5 Å². The fourth-order valence-corrected chi connectivity index (χ4v) is 5.83. The number of carbonyl (C=O) groups excluding carboxylic acids is 1. The van der Waals surface area contributed by atoms with Gasteiger partial charge < -0.3 is 4.74 Å². The molecule has 6 atom stereocenters. The molecule has 0 aromatic carbocycles. The lowest BCUT2D eigenvalue weighted by atomic mass is 9.59. The first-order valence-corrected chi connectivity index (χ1v) is 6.79. The molecule has 0 aromatic heterocycles. The van der Waals surface area contributed by atoms with Gasteiger partial charge in [-0.25, -0.2) is 0 Å². The van der Waals surface area contributed by atoms with Gasteiger partial charge in [0.2, 0.25) is 0 Å². The Balaban J connectivity index is 1.90. The van der Waals surface area contributed by atoms with E-state index in [1.165, 1.54) is 12.8 Å². The van der Waals surface area contributed by atoms with E-state index in [9.17, 15) is 4.79 Å². The van der Waals surface area contributed by atoms with Crippen LogP contribution >= 0.6 is 0 Å². The smallest absolute Gasteiger partial charge is 0.158 e. The van der Waals surface area contributed by atoms with Gasteiger partial charge in [-0.15, -0.1) is 0 Å². The molecule has 2 heteroatoms. The standard InChI is InChI=1S/C15H20O2/c1-9-10(16)4-5-15-7-13(2)6-14(3,8-15)17-12(13)11(9)15/h4-5,9,11-12H,6-8H2,1-3H3/t9-,11?,12?,13?,14?,15?/m1/s1. The molecule has 1 spiro atoms. The van der Waals surface area contributed by atoms with E-state index < -0.39 is 0 Å². The molecule has 0 aromatic rings. The van der Waals surface area contributed by atoms with E-state index in [-0.39, 0.29) is 16.9 Å². The van der Waals surface area contributed by atoms with Crippen LogP contribution in [0.25, 0.3) is 0 Å². The highest BCUT2D eigenvalue weighted by Gasteiger charge is 2.72. The van der Waals surface area contributed by atoms with Crippen LogP contribution < -0.4 is 0 Å². The molecule has 5 rings (SSSR count). The minimum absolute atomic E-state index is 0.0681. The first kappa shape index (κ1) is 10.3. The lowest BCUT2D eigenvalue weighted by Crippen LogP contribution is -2.50. The number of hydrogen-bond donors (Lipinski definition) is 0. The van der Waals surface area contributed by atoms with E-state index in [1.54, 1.807) is 0 Å². The van der Waals surface area contributed by atoms with Crippen molar-refractivity contribution >= 4 is 5.78 Å². The van der Waals surface area contributed by atoms with Gasteiger partial charge in [-0.1, -0.05) is 19.9 Å². The van der Waals surface area contributed by atoms with Crippen LogP contribution in [0.4, 0.5) is 0 Å². The number of hydrogen-bond acceptors (Lipinski definition) is 2. The molecule has 2 heterocycles. The second-order valence-electron chi connectivity index (χ2n) is 7.46. The molecule has 92 valence electrons. The predicted molar refractivity (Wildman–Crippen MR) is 64.5 cm³/mol. The van der Waals surface area contributed by atoms with Crippen LogP contribution in [0, 0.1) is 22.7 Å². The summed E-state index contributed by atoms with van der Waals surface area (Å²) in [6, 6.07) is 0. The Hall–Kier alpha value is -0.630. The molecule has 17 heavy (non-hydrogen) atoms. The highest BCUT2D eigenvalue weighted by Crippen LogP contribution is 2.73. The van der Waals surface area contributed by atoms with Gasteiger partial charge in [-0.3, -0.25) is 4.79 Å². The Morgan fingerprint density at radius 2 is 2.06 bits per heavy atom. The average Bonchev–Trinajstić information content (AvgIpc) is 2.50. The number of carbonyl (C=O) groups is 1. The van der Waals surface area contributed by atoms with E-state index in [2.05, 4.69) is 26.8 Å². The molecule has 2 nitrogen and oxygen atoms in total. The van der Waals surface area contributed by atoms with E-state index in [1.807, 2.05) is 6.08 Å². The summed E-state index contributed by atoms with van der Waals surface area (Å²) < 4.78 is 6.34. The summed E-state index contributed by atoms with van der Waals surface area (Å²) in [4.78, 5) is 11.9. The number of ketones is 1. The van der Waals surface area contributed by atoms with E-state index in [4.69, 9.17) is 4.74 Å². The van der Waals surface area contributed by atoms with Crippen LogP contribution in [0.2, 0.25) is 0 Å². The normalized spacial score (nSPS) is 63.2. The molecule has 4 bridgehead atoms. The molecule has 0 amide bonds. The third kappa shape index (κ3) is 1.00. The summed E-state index contributed by atoms with van der Waals surface area (Å²) in [5.74, 6) is 0.879. The zero-order valence-corrected chi connectivity index (χ0v) is 10.8. The van der Waals surface area contributed by atoms with Gasteiger partial charge in [0.15, 0.2) is 5.78 Å². The fourth-order valence-electron chi connectivity index (χ4n) is 5.83. The van der Waals surface area contributed by atoms with Crippen molar-refractivity contribution in [3.63, 3.8) is 0 Å². The molecule has 2 saturated carbocycles. The highest BCUT2D eigenvalue weighted by molar-refractivity contribution is 5.93. The van der Waals surface area contributed by atoms with Gasteiger partial charge in [0.25, 0.3) is 0 Å². The van der Waals surface area contributed by atoms with Gasteiger partial charge in [0.05, 0.1) is 11.7 Å². The van der Waals surface area contributed by atoms with Crippen molar-refractivity contribution in [3.8, 4) is 0 Å². The maximum Gasteiger partial charge on any atom is 0.158 e. The van der Waals surface area contributed by atoms with Crippen LogP contribution in [0.3, 0.4) is 0 Å². The molecule has 5 aliphatic rings. The quantitative estimate of drug-likeness (QED) is 0.642. The molecule has 0 N–H and O–H groups in total. The summed E-state index contributed by atoms with van der Waals surface area (Å²) in [6.45, 7) is 6.73. The summed E-state index contributed by atoms with van der Waals surface area (Å²) in [5.41, 5.74) is 0.636. The van der Waals surface area contributed by atoms with Crippen molar-refractivity contribution in [2.45, 2.75) is 51.7 Å². The third-order valence-electron chi connectivity index (χ3n) is 5.87. The number of ether oxygens (including phenoxy) is 1. The monoisotopic (exact) mass is 232 g/mol. The van der Waals surface area contributed by atoms with Gasteiger partial charge in [0, 0.05) is 11.8 Å². The summed E-state index contributed by atoms with van der Waals surface area (Å²) in [7, 11) is 0. The van der Waals surface area contributed by atoms with E-state index in [0.29, 0.717) is 23.2 Å². The maximum absolute atomic E-state index is 11.9. The average molecular weight is 232 g/mol. The van der Waals surface area contributed by atoms with Crippen molar-refractivity contribution in [1.29, 1.82) is 0 Å². The van der Waals surface area contributed by atoms with Crippen LogP contribution in [0.1, 0.15) is 40.0 Å². The van der Waals surface area contributed by atoms with Crippen molar-refractivity contribution < 1.29 is 9.53 Å². The van der Waals surface area contributed by atoms with E-state index in [0.717, 1.165) is 6.42 Å². The molecular weight excluding hydrogens is 212 g/mol. The minimum atomic E-state index is 0.0681. The lowest BCUT2D eigenvalue weighted by molar-refractivity contribution is -0.150. The molecule has 3 aliphatic carbocycles. The van der Waals surface area contributed by atoms with Gasteiger partial charge >= 0.3 is 0 Å². The van der Waals surface area contributed by atoms with Crippen molar-refractivity contribution in [2.24, 2.45) is 22.7 Å². The third-order valence-corrected chi connectivity index (χ3v) is 5.87. The molecule has 4 fully saturated rings. The summed E-state index contributed by atoms with van der Waals surface area (Å²) in [6.07, 6.45) is 7.91. The summed E-state index contributed by atoms with van der Waals surface area (Å²) in [5, 5.41) is 0. The van der Waals surface area contributed by atoms with Crippen molar-refractivity contribution in [1.82, 2.24) is 0 Å². The molecular formula is C15H20O2. The molecule has 2 aliphatic heterocycles. The largest absolute Gasteiger partial charge is 0.371 e. The first-order chi connectivity index (χ1) is 7.88. The second-order valence-corrected chi connectivity index (χ2v) is 7.46. The second kappa shape index (κ2) is 2.54. The van der Waals surface area contributed by atoms with Crippen molar-refractivity contribution in [2.75, 3.05) is 0 Å². The van der Waals surface area contributed by atoms with Crippen molar-refractivity contribution in [3.05, 3.63) is 12.2 Å². The Kier molecular flexibility index (Phi) is 1.54. The van der Waals surface area contributed by atoms with E-state index >= 15 is 0 Å². The molecule has 2 saturated heterocycles. The van der Waals surface area contributed by atoms with Crippen LogP contribution in [-0.2, 0) is 9.53 Å². The lowest BCUT2D eigenvalue weighted by Gasteiger charge is -2.50. The molecule has 0 radical (unpaired) electrons. The van der Waals surface area contributed by atoms with Gasteiger partial charge in [-0.2, -0.15) is 0 Å². The number of rotatable bonds is 0. The minimum Gasteiger partial charge on any atom is -0.371 e. The molecule has 5 unspecified atom stereocenters. The van der Waals surface area contributed by atoms with Crippen LogP contribution in [0.5, 0.6) is 0 Å². The number of allylic oxidation sites excluding steroid dienone is 2. The predicted octanol–water partition coefficient (Wildman–Crippen LogP) is 2.73. The SMILES string of the molecule is C[C@@H]1C(=O)C=CC23CC4(C)CC(C)(C2)C(O4)C13. The fraction of sp³-hybridized carbons (Fsp3) is 0.800. The topological polar surface area (TPSA) is 26.3 Å². The maximum atomic E-state index is 11.9. The Morgan fingerprint density at radius 1 is 1.29 bits per heavy atom. The van der Waals surface area contributed by atoms with Gasteiger partial charge in [-0.05, 0) is 43.1 Å². The zero-order chi connectivity index (χ0) is 12.1. The van der Waals surface area contributed by atoms with Crippen LogP contribution in [0.15, 0.2) is 12.2 Å².